The second kappa shape index (κ2) is 4.45. The Labute approximate surface area is 99.4 Å². The van der Waals surface area contributed by atoms with Gasteiger partial charge >= 0.3 is 0 Å². The van der Waals surface area contributed by atoms with Gasteiger partial charge in [-0.1, -0.05) is 18.9 Å². The molecule has 0 amide bonds. The number of hydrogen-bond acceptors (Lipinski definition) is 2. The maximum atomic E-state index is 13.5. The fourth-order valence-electron chi connectivity index (χ4n) is 2.44. The van der Waals surface area contributed by atoms with Gasteiger partial charge in [-0.15, -0.1) is 0 Å². The molecule has 0 aliphatic carbocycles. The Bertz CT molecular complexity index is 512. The molecule has 1 aliphatic heterocycles. The van der Waals surface area contributed by atoms with Crippen molar-refractivity contribution in [2.24, 2.45) is 0 Å². The summed E-state index contributed by atoms with van der Waals surface area (Å²) in [7, 11) is 0. The van der Waals surface area contributed by atoms with E-state index in [4.69, 9.17) is 0 Å². The van der Waals surface area contributed by atoms with Gasteiger partial charge in [0.15, 0.2) is 5.82 Å². The third-order valence-corrected chi connectivity index (χ3v) is 3.37. The Morgan fingerprint density at radius 1 is 1.24 bits per heavy atom. The molecule has 2 N–H and O–H groups in total. The summed E-state index contributed by atoms with van der Waals surface area (Å²) in [5.41, 5.74) is 1.24. The largest absolute Gasteiger partial charge is 0.341 e. The third-order valence-electron chi connectivity index (χ3n) is 3.37. The number of fused-ring (bicyclic) bond motifs is 1. The molecule has 90 valence electrons. The zero-order valence-corrected chi connectivity index (χ0v) is 9.67. The monoisotopic (exact) mass is 233 g/mol. The predicted octanol–water partition coefficient (Wildman–Crippen LogP) is 2.91. The van der Waals surface area contributed by atoms with Gasteiger partial charge in [0.2, 0.25) is 0 Å². The molecular weight excluding hydrogens is 217 g/mol. The van der Waals surface area contributed by atoms with Crippen LogP contribution in [0.2, 0.25) is 0 Å². The van der Waals surface area contributed by atoms with Crippen LogP contribution in [0.3, 0.4) is 0 Å². The van der Waals surface area contributed by atoms with E-state index >= 15 is 0 Å². The van der Waals surface area contributed by atoms with Crippen LogP contribution >= 0.6 is 0 Å². The summed E-state index contributed by atoms with van der Waals surface area (Å²) in [5.74, 6) is 0.616. The summed E-state index contributed by atoms with van der Waals surface area (Å²) in [5, 5.41) is 3.46. The van der Waals surface area contributed by atoms with Crippen LogP contribution in [0, 0.1) is 5.82 Å². The van der Waals surface area contributed by atoms with Crippen molar-refractivity contribution in [3.8, 4) is 0 Å². The first-order valence-corrected chi connectivity index (χ1v) is 6.22. The number of imidazole rings is 1. The first-order chi connectivity index (χ1) is 8.34. The lowest BCUT2D eigenvalue weighted by molar-refractivity contribution is 0.512. The molecule has 0 bridgehead atoms. The normalized spacial score (nSPS) is 21.6. The highest BCUT2D eigenvalue weighted by atomic mass is 19.1. The highest BCUT2D eigenvalue weighted by molar-refractivity contribution is 5.75. The molecule has 3 nitrogen and oxygen atoms in total. The third kappa shape index (κ3) is 2.05. The van der Waals surface area contributed by atoms with Gasteiger partial charge < -0.3 is 10.3 Å². The van der Waals surface area contributed by atoms with Crippen molar-refractivity contribution < 1.29 is 4.39 Å². The summed E-state index contributed by atoms with van der Waals surface area (Å²) in [4.78, 5) is 7.60. The number of benzene rings is 1. The number of rotatable bonds is 1. The molecule has 1 unspecified atom stereocenters. The van der Waals surface area contributed by atoms with Gasteiger partial charge in [-0.2, -0.15) is 0 Å². The summed E-state index contributed by atoms with van der Waals surface area (Å²) in [6.45, 7) is 1.02. The number of nitrogens with zero attached hydrogens (tertiary/aromatic N) is 1. The summed E-state index contributed by atoms with van der Waals surface area (Å²) >= 11 is 0. The highest BCUT2D eigenvalue weighted by Crippen LogP contribution is 2.23. The molecule has 1 fully saturated rings. The van der Waals surface area contributed by atoms with Gasteiger partial charge in [0.05, 0.1) is 11.6 Å². The van der Waals surface area contributed by atoms with Crippen LogP contribution in [-0.4, -0.2) is 16.5 Å². The zero-order chi connectivity index (χ0) is 11.7. The van der Waals surface area contributed by atoms with Crippen molar-refractivity contribution in [2.75, 3.05) is 6.54 Å². The van der Waals surface area contributed by atoms with E-state index < -0.39 is 0 Å². The molecule has 2 aromatic rings. The van der Waals surface area contributed by atoms with Crippen LogP contribution < -0.4 is 5.32 Å². The molecule has 1 saturated heterocycles. The molecular formula is C13H16FN3. The van der Waals surface area contributed by atoms with Crippen molar-refractivity contribution in [3.63, 3.8) is 0 Å². The second-order valence-electron chi connectivity index (χ2n) is 4.61. The lowest BCUT2D eigenvalue weighted by atomic mass is 10.1. The molecule has 3 rings (SSSR count). The standard InChI is InChI=1S/C13H16FN3/c14-9-5-4-7-10-12(9)17-13(16-10)11-6-2-1-3-8-15-11/h4-5,7,11,15H,1-3,6,8H2,(H,16,17). The zero-order valence-electron chi connectivity index (χ0n) is 9.67. The number of aromatic nitrogens is 2. The van der Waals surface area contributed by atoms with E-state index in [-0.39, 0.29) is 11.9 Å². The lowest BCUT2D eigenvalue weighted by Gasteiger charge is -2.12. The molecule has 1 atom stereocenters. The van der Waals surface area contributed by atoms with E-state index in [1.165, 1.54) is 25.3 Å². The van der Waals surface area contributed by atoms with Crippen LogP contribution in [0.1, 0.15) is 37.5 Å². The van der Waals surface area contributed by atoms with Crippen LogP contribution in [0.25, 0.3) is 11.0 Å². The summed E-state index contributed by atoms with van der Waals surface area (Å²) in [6.07, 6.45) is 4.75. The molecule has 1 aromatic carbocycles. The van der Waals surface area contributed by atoms with Gasteiger partial charge in [0.1, 0.15) is 11.3 Å². The number of nitrogens with one attached hydrogen (secondary N) is 2. The Balaban J connectivity index is 1.96. The van der Waals surface area contributed by atoms with E-state index in [0.717, 1.165) is 24.3 Å². The topological polar surface area (TPSA) is 40.7 Å². The molecule has 1 aromatic heterocycles. The smallest absolute Gasteiger partial charge is 0.151 e. The molecule has 0 spiro atoms. The Morgan fingerprint density at radius 2 is 2.18 bits per heavy atom. The van der Waals surface area contributed by atoms with Gasteiger partial charge in [-0.05, 0) is 31.5 Å². The average Bonchev–Trinajstić information content (AvgIpc) is 2.59. The molecule has 0 saturated carbocycles. The highest BCUT2D eigenvalue weighted by Gasteiger charge is 2.17. The number of halogens is 1. The van der Waals surface area contributed by atoms with Gasteiger partial charge in [-0.25, -0.2) is 9.37 Å². The van der Waals surface area contributed by atoms with Crippen molar-refractivity contribution in [1.82, 2.24) is 15.3 Å². The fourth-order valence-corrected chi connectivity index (χ4v) is 2.44. The SMILES string of the molecule is Fc1cccc2[nH]c(C3CCCCCN3)nc12. The minimum Gasteiger partial charge on any atom is -0.341 e. The molecule has 17 heavy (non-hydrogen) atoms. The minimum atomic E-state index is -0.251. The first kappa shape index (κ1) is 10.7. The summed E-state index contributed by atoms with van der Waals surface area (Å²) < 4.78 is 13.5. The lowest BCUT2D eigenvalue weighted by Crippen LogP contribution is -2.21. The van der Waals surface area contributed by atoms with Crippen LogP contribution in [0.15, 0.2) is 18.2 Å². The number of para-hydroxylation sites is 1. The van der Waals surface area contributed by atoms with Gasteiger partial charge in [-0.3, -0.25) is 0 Å². The van der Waals surface area contributed by atoms with Crippen molar-refractivity contribution >= 4 is 11.0 Å². The predicted molar refractivity (Wildman–Crippen MR) is 65.3 cm³/mol. The maximum absolute atomic E-state index is 13.5. The van der Waals surface area contributed by atoms with E-state index in [0.29, 0.717) is 5.52 Å². The number of hydrogen-bond donors (Lipinski definition) is 2. The molecule has 4 heteroatoms. The first-order valence-electron chi connectivity index (χ1n) is 6.22. The fraction of sp³-hybridized carbons (Fsp3) is 0.462. The summed E-state index contributed by atoms with van der Waals surface area (Å²) in [6, 6.07) is 5.27. The van der Waals surface area contributed by atoms with Gasteiger partial charge in [0.25, 0.3) is 0 Å². The van der Waals surface area contributed by atoms with E-state index in [1.54, 1.807) is 6.07 Å². The Morgan fingerprint density at radius 3 is 3.06 bits per heavy atom. The van der Waals surface area contributed by atoms with E-state index in [1.807, 2.05) is 6.07 Å². The number of aromatic amines is 1. The second-order valence-corrected chi connectivity index (χ2v) is 4.61. The average molecular weight is 233 g/mol. The van der Waals surface area contributed by atoms with Crippen molar-refractivity contribution in [2.45, 2.75) is 31.7 Å². The van der Waals surface area contributed by atoms with Crippen LogP contribution in [0.5, 0.6) is 0 Å². The van der Waals surface area contributed by atoms with E-state index in [2.05, 4.69) is 15.3 Å². The quantitative estimate of drug-likeness (QED) is 0.795. The van der Waals surface area contributed by atoms with Crippen LogP contribution in [-0.2, 0) is 0 Å². The maximum Gasteiger partial charge on any atom is 0.151 e. The van der Waals surface area contributed by atoms with Gasteiger partial charge in [0, 0.05) is 0 Å². The molecule has 2 heterocycles. The minimum absolute atomic E-state index is 0.240. The Hall–Kier alpha value is -1.42. The van der Waals surface area contributed by atoms with Crippen molar-refractivity contribution in [1.29, 1.82) is 0 Å². The van der Waals surface area contributed by atoms with E-state index in [9.17, 15) is 4.39 Å². The molecule has 1 aliphatic rings. The number of H-pyrrole nitrogens is 1. The van der Waals surface area contributed by atoms with Crippen molar-refractivity contribution in [3.05, 3.63) is 29.8 Å². The Kier molecular flexibility index (Phi) is 2.81. The van der Waals surface area contributed by atoms with Crippen LogP contribution in [0.4, 0.5) is 4.39 Å². The molecule has 0 radical (unpaired) electrons.